The molecule has 8 heteroatoms. The molecular weight excluding hydrogens is 322 g/mol. The predicted octanol–water partition coefficient (Wildman–Crippen LogP) is 1.62. The van der Waals surface area contributed by atoms with Gasteiger partial charge in [-0.15, -0.1) is 11.3 Å². The number of hydrogen-bond donors (Lipinski definition) is 0. The Morgan fingerprint density at radius 3 is 2.41 bits per heavy atom. The normalized spacial score (nSPS) is 21.0. The minimum atomic E-state index is -3.15. The number of hydrogen-bond acceptors (Lipinski definition) is 5. The lowest BCUT2D eigenvalue weighted by Gasteiger charge is -2.32. The van der Waals surface area contributed by atoms with Gasteiger partial charge in [0.05, 0.1) is 11.9 Å². The third-order valence-corrected chi connectivity index (χ3v) is 6.50. The topological polar surface area (TPSA) is 70.6 Å². The molecule has 0 spiro atoms. The first-order chi connectivity index (χ1) is 10.4. The molecule has 0 N–H and O–H groups in total. The summed E-state index contributed by atoms with van der Waals surface area (Å²) in [4.78, 5) is 19.2. The molecule has 1 aromatic heterocycles. The van der Waals surface area contributed by atoms with Gasteiger partial charge in [-0.2, -0.15) is 0 Å². The van der Waals surface area contributed by atoms with Crippen molar-refractivity contribution in [1.29, 1.82) is 0 Å². The maximum absolute atomic E-state index is 12.9. The highest BCUT2D eigenvalue weighted by molar-refractivity contribution is 7.88. The maximum Gasteiger partial charge on any atom is 0.232 e. The van der Waals surface area contributed by atoms with Gasteiger partial charge in [-0.3, -0.25) is 9.69 Å². The predicted molar refractivity (Wildman–Crippen MR) is 86.5 cm³/mol. The zero-order chi connectivity index (χ0) is 15.9. The van der Waals surface area contributed by atoms with Crippen molar-refractivity contribution in [3.05, 3.63) is 11.1 Å². The number of aromatic nitrogens is 1. The van der Waals surface area contributed by atoms with Crippen LogP contribution in [-0.4, -0.2) is 49.0 Å². The molecule has 0 unspecified atom stereocenters. The van der Waals surface area contributed by atoms with Crippen LogP contribution in [0.3, 0.4) is 0 Å². The molecular formula is C14H21N3O3S2. The number of thiazole rings is 1. The summed E-state index contributed by atoms with van der Waals surface area (Å²) in [5.74, 6) is 0.0211. The molecule has 22 heavy (non-hydrogen) atoms. The summed E-state index contributed by atoms with van der Waals surface area (Å²) in [6.07, 6.45) is 4.49. The number of amides is 1. The Bertz CT molecular complexity index is 659. The summed E-state index contributed by atoms with van der Waals surface area (Å²) in [7, 11) is -3.15. The summed E-state index contributed by atoms with van der Waals surface area (Å²) in [6, 6.07) is 0.283. The van der Waals surface area contributed by atoms with Gasteiger partial charge in [0.2, 0.25) is 15.9 Å². The lowest BCUT2D eigenvalue weighted by Crippen LogP contribution is -2.45. The third kappa shape index (κ3) is 3.33. The van der Waals surface area contributed by atoms with E-state index in [4.69, 9.17) is 0 Å². The van der Waals surface area contributed by atoms with Crippen LogP contribution in [0.1, 0.15) is 31.4 Å². The summed E-state index contributed by atoms with van der Waals surface area (Å²) in [6.45, 7) is 2.80. The molecule has 1 aliphatic heterocycles. The number of carbonyl (C=O) groups is 1. The Hall–Kier alpha value is -0.990. The SMILES string of the molecule is Cc1csc(N(C(=O)C2CCN(S(C)(=O)=O)CC2)C2CC2)n1. The first-order valence-corrected chi connectivity index (χ1v) is 10.3. The maximum atomic E-state index is 12.9. The fraction of sp³-hybridized carbons (Fsp3) is 0.714. The van der Waals surface area contributed by atoms with Gasteiger partial charge in [-0.1, -0.05) is 0 Å². The monoisotopic (exact) mass is 343 g/mol. The number of anilines is 1. The van der Waals surface area contributed by atoms with E-state index in [2.05, 4.69) is 4.98 Å². The summed E-state index contributed by atoms with van der Waals surface area (Å²) in [5, 5.41) is 2.75. The van der Waals surface area contributed by atoms with Crippen molar-refractivity contribution in [2.75, 3.05) is 24.2 Å². The van der Waals surface area contributed by atoms with Crippen LogP contribution in [0.4, 0.5) is 5.13 Å². The van der Waals surface area contributed by atoms with E-state index >= 15 is 0 Å². The van der Waals surface area contributed by atoms with Crippen LogP contribution in [0.25, 0.3) is 0 Å². The third-order valence-electron chi connectivity index (χ3n) is 4.23. The molecule has 2 fully saturated rings. The Morgan fingerprint density at radius 2 is 1.95 bits per heavy atom. The largest absolute Gasteiger partial charge is 0.285 e. The number of nitrogens with zero attached hydrogens (tertiary/aromatic N) is 3. The smallest absolute Gasteiger partial charge is 0.232 e. The van der Waals surface area contributed by atoms with E-state index in [-0.39, 0.29) is 17.9 Å². The van der Waals surface area contributed by atoms with Crippen LogP contribution in [0.15, 0.2) is 5.38 Å². The minimum Gasteiger partial charge on any atom is -0.285 e. The summed E-state index contributed by atoms with van der Waals surface area (Å²) in [5.41, 5.74) is 0.936. The molecule has 122 valence electrons. The van der Waals surface area contributed by atoms with Crippen molar-refractivity contribution in [3.63, 3.8) is 0 Å². The Labute approximate surface area is 135 Å². The second-order valence-corrected chi connectivity index (χ2v) is 8.97. The summed E-state index contributed by atoms with van der Waals surface area (Å²) < 4.78 is 24.6. The van der Waals surface area contributed by atoms with E-state index in [1.54, 1.807) is 0 Å². The van der Waals surface area contributed by atoms with E-state index < -0.39 is 10.0 Å². The van der Waals surface area contributed by atoms with Crippen molar-refractivity contribution in [3.8, 4) is 0 Å². The molecule has 1 amide bonds. The quantitative estimate of drug-likeness (QED) is 0.833. The van der Waals surface area contributed by atoms with Crippen LogP contribution < -0.4 is 4.90 Å². The van der Waals surface area contributed by atoms with Crippen LogP contribution in [0.2, 0.25) is 0 Å². The van der Waals surface area contributed by atoms with Crippen molar-refractivity contribution < 1.29 is 13.2 Å². The number of rotatable bonds is 4. The second kappa shape index (κ2) is 5.90. The van der Waals surface area contributed by atoms with E-state index in [9.17, 15) is 13.2 Å². The van der Waals surface area contributed by atoms with E-state index in [0.29, 0.717) is 25.9 Å². The molecule has 3 rings (SSSR count). The van der Waals surface area contributed by atoms with Gasteiger partial charge in [0.15, 0.2) is 5.13 Å². The Morgan fingerprint density at radius 1 is 1.32 bits per heavy atom. The van der Waals surface area contributed by atoms with Gasteiger partial charge in [0.25, 0.3) is 0 Å². The van der Waals surface area contributed by atoms with Gasteiger partial charge < -0.3 is 0 Å². The van der Waals surface area contributed by atoms with Crippen molar-refractivity contribution in [2.24, 2.45) is 5.92 Å². The first-order valence-electron chi connectivity index (χ1n) is 7.56. The average Bonchev–Trinajstić information content (AvgIpc) is 3.20. The van der Waals surface area contributed by atoms with E-state index in [0.717, 1.165) is 23.7 Å². The molecule has 2 aliphatic rings. The molecule has 0 atom stereocenters. The van der Waals surface area contributed by atoms with Crippen molar-refractivity contribution in [1.82, 2.24) is 9.29 Å². The van der Waals surface area contributed by atoms with Crippen molar-refractivity contribution in [2.45, 2.75) is 38.6 Å². The average molecular weight is 343 g/mol. The van der Waals surface area contributed by atoms with E-state index in [1.165, 1.54) is 21.9 Å². The molecule has 1 aromatic rings. The van der Waals surface area contributed by atoms with Gasteiger partial charge in [0, 0.05) is 30.4 Å². The van der Waals surface area contributed by atoms with Gasteiger partial charge >= 0.3 is 0 Å². The molecule has 2 heterocycles. The molecule has 1 saturated heterocycles. The number of aryl methyl sites for hydroxylation is 1. The molecule has 1 aliphatic carbocycles. The number of piperidine rings is 1. The fourth-order valence-electron chi connectivity index (χ4n) is 2.85. The van der Waals surface area contributed by atoms with Crippen LogP contribution in [0, 0.1) is 12.8 Å². The van der Waals surface area contributed by atoms with E-state index in [1.807, 2.05) is 17.2 Å². The minimum absolute atomic E-state index is 0.0946. The summed E-state index contributed by atoms with van der Waals surface area (Å²) >= 11 is 1.51. The van der Waals surface area contributed by atoms with Gasteiger partial charge in [0.1, 0.15) is 0 Å². The van der Waals surface area contributed by atoms with Crippen LogP contribution >= 0.6 is 11.3 Å². The van der Waals surface area contributed by atoms with Crippen LogP contribution in [-0.2, 0) is 14.8 Å². The molecule has 0 radical (unpaired) electrons. The highest BCUT2D eigenvalue weighted by Crippen LogP contribution is 2.36. The fourth-order valence-corrected chi connectivity index (χ4v) is 4.60. The number of carbonyl (C=O) groups excluding carboxylic acids is 1. The second-order valence-electron chi connectivity index (χ2n) is 6.15. The highest BCUT2D eigenvalue weighted by atomic mass is 32.2. The van der Waals surface area contributed by atoms with Crippen molar-refractivity contribution >= 4 is 32.4 Å². The molecule has 0 aromatic carbocycles. The molecule has 0 bridgehead atoms. The highest BCUT2D eigenvalue weighted by Gasteiger charge is 2.39. The van der Waals surface area contributed by atoms with Gasteiger partial charge in [-0.05, 0) is 32.6 Å². The first kappa shape index (κ1) is 15.9. The molecule has 1 saturated carbocycles. The number of sulfonamides is 1. The Kier molecular flexibility index (Phi) is 4.26. The Balaban J connectivity index is 1.70. The standard InChI is InChI=1S/C14H21N3O3S2/c1-10-9-21-14(15-10)17(12-3-4-12)13(18)11-5-7-16(8-6-11)22(2,19)20/h9,11-12H,3-8H2,1-2H3. The lowest BCUT2D eigenvalue weighted by molar-refractivity contribution is -0.123. The zero-order valence-electron chi connectivity index (χ0n) is 12.9. The zero-order valence-corrected chi connectivity index (χ0v) is 14.5. The molecule has 6 nitrogen and oxygen atoms in total. The lowest BCUT2D eigenvalue weighted by atomic mass is 9.96. The van der Waals surface area contributed by atoms with Crippen LogP contribution in [0.5, 0.6) is 0 Å². The van der Waals surface area contributed by atoms with Gasteiger partial charge in [-0.25, -0.2) is 17.7 Å².